The number of ether oxygens (including phenoxy) is 1. The second-order valence-electron chi connectivity index (χ2n) is 4.02. The highest BCUT2D eigenvalue weighted by atomic mass is 16.5. The number of nitrogens with one attached hydrogen (secondary N) is 1. The second kappa shape index (κ2) is 4.57. The van der Waals surface area contributed by atoms with Gasteiger partial charge in [0, 0.05) is 18.7 Å². The molecule has 0 aromatic carbocycles. The first-order chi connectivity index (χ1) is 7.65. The summed E-state index contributed by atoms with van der Waals surface area (Å²) in [6.45, 7) is 2.75. The molecule has 0 spiro atoms. The molecule has 1 fully saturated rings. The van der Waals surface area contributed by atoms with Crippen LogP contribution in [0.2, 0.25) is 0 Å². The molecule has 1 aliphatic rings. The highest BCUT2D eigenvalue weighted by Crippen LogP contribution is 2.20. The van der Waals surface area contributed by atoms with E-state index in [1.54, 1.807) is 6.07 Å². The average Bonchev–Trinajstić information content (AvgIpc) is 2.66. The number of carbonyl (C=O) groups is 1. The van der Waals surface area contributed by atoms with Crippen molar-refractivity contribution in [2.75, 3.05) is 11.9 Å². The van der Waals surface area contributed by atoms with Gasteiger partial charge >= 0.3 is 5.97 Å². The molecule has 2 heterocycles. The maximum atomic E-state index is 10.6. The fraction of sp³-hybridized carbons (Fsp3) is 0.545. The monoisotopic (exact) mass is 225 g/mol. The van der Waals surface area contributed by atoms with Gasteiger partial charge in [-0.15, -0.1) is 0 Å². The molecule has 0 radical (unpaired) electrons. The Morgan fingerprint density at radius 3 is 3.00 bits per heavy atom. The molecule has 1 saturated heterocycles. The summed E-state index contributed by atoms with van der Waals surface area (Å²) in [4.78, 5) is 10.6. The van der Waals surface area contributed by atoms with Gasteiger partial charge in [0.15, 0.2) is 5.88 Å². The standard InChI is InChI=1S/C11H15NO4/c1-7-6-8(4-5-15-7)12-10-3-2-9(16-10)11(13)14/h2-3,7-8,12H,4-6H2,1H3,(H,13,14). The van der Waals surface area contributed by atoms with Crippen molar-refractivity contribution >= 4 is 11.9 Å². The Bertz CT molecular complexity index is 374. The topological polar surface area (TPSA) is 71.7 Å². The van der Waals surface area contributed by atoms with Crippen molar-refractivity contribution in [3.63, 3.8) is 0 Å². The Hall–Kier alpha value is -1.49. The average molecular weight is 225 g/mol. The molecule has 16 heavy (non-hydrogen) atoms. The first-order valence-electron chi connectivity index (χ1n) is 5.36. The van der Waals surface area contributed by atoms with Crippen LogP contribution in [0.15, 0.2) is 16.5 Å². The molecule has 2 atom stereocenters. The molecule has 2 rings (SSSR count). The van der Waals surface area contributed by atoms with Crippen LogP contribution < -0.4 is 5.32 Å². The van der Waals surface area contributed by atoms with Crippen molar-refractivity contribution in [2.45, 2.75) is 31.9 Å². The number of hydrogen-bond acceptors (Lipinski definition) is 4. The number of carboxylic acids is 1. The molecule has 0 amide bonds. The number of rotatable bonds is 3. The molecule has 1 aromatic rings. The van der Waals surface area contributed by atoms with E-state index < -0.39 is 5.97 Å². The number of carboxylic acid groups (broad SMARTS) is 1. The Morgan fingerprint density at radius 2 is 2.38 bits per heavy atom. The second-order valence-corrected chi connectivity index (χ2v) is 4.02. The Labute approximate surface area is 93.4 Å². The first kappa shape index (κ1) is 11.0. The van der Waals surface area contributed by atoms with Gasteiger partial charge in [-0.3, -0.25) is 0 Å². The van der Waals surface area contributed by atoms with Crippen LogP contribution in [0.1, 0.15) is 30.3 Å². The van der Waals surface area contributed by atoms with Gasteiger partial charge < -0.3 is 19.6 Å². The van der Waals surface area contributed by atoms with E-state index in [1.165, 1.54) is 6.07 Å². The van der Waals surface area contributed by atoms with E-state index in [4.69, 9.17) is 14.3 Å². The predicted octanol–water partition coefficient (Wildman–Crippen LogP) is 1.96. The predicted molar refractivity (Wildman–Crippen MR) is 57.7 cm³/mol. The van der Waals surface area contributed by atoms with Gasteiger partial charge in [-0.25, -0.2) is 4.79 Å². The van der Waals surface area contributed by atoms with E-state index in [0.717, 1.165) is 19.4 Å². The van der Waals surface area contributed by atoms with Gasteiger partial charge in [0.1, 0.15) is 0 Å². The van der Waals surface area contributed by atoms with Gasteiger partial charge in [-0.2, -0.15) is 0 Å². The number of anilines is 1. The van der Waals surface area contributed by atoms with Gasteiger partial charge in [0.25, 0.3) is 0 Å². The lowest BCUT2D eigenvalue weighted by molar-refractivity contribution is 0.0229. The fourth-order valence-corrected chi connectivity index (χ4v) is 1.86. The van der Waals surface area contributed by atoms with Crippen molar-refractivity contribution in [3.05, 3.63) is 17.9 Å². The quantitative estimate of drug-likeness (QED) is 0.822. The lowest BCUT2D eigenvalue weighted by Gasteiger charge is -2.27. The molecule has 1 aliphatic heterocycles. The summed E-state index contributed by atoms with van der Waals surface area (Å²) in [5.41, 5.74) is 0. The van der Waals surface area contributed by atoms with Crippen LogP contribution in [0.25, 0.3) is 0 Å². The van der Waals surface area contributed by atoms with Gasteiger partial charge in [-0.05, 0) is 25.8 Å². The minimum Gasteiger partial charge on any atom is -0.475 e. The van der Waals surface area contributed by atoms with Crippen molar-refractivity contribution < 1.29 is 19.1 Å². The van der Waals surface area contributed by atoms with Gasteiger partial charge in [0.2, 0.25) is 5.76 Å². The molecule has 2 unspecified atom stereocenters. The maximum Gasteiger partial charge on any atom is 0.371 e. The largest absolute Gasteiger partial charge is 0.475 e. The molecule has 0 saturated carbocycles. The molecular formula is C11H15NO4. The van der Waals surface area contributed by atoms with Crippen molar-refractivity contribution in [3.8, 4) is 0 Å². The maximum absolute atomic E-state index is 10.6. The Morgan fingerprint density at radius 1 is 1.56 bits per heavy atom. The molecule has 88 valence electrons. The summed E-state index contributed by atoms with van der Waals surface area (Å²) in [6, 6.07) is 3.38. The third-order valence-corrected chi connectivity index (χ3v) is 2.65. The Kier molecular flexibility index (Phi) is 3.14. The Balaban J connectivity index is 1.95. The smallest absolute Gasteiger partial charge is 0.371 e. The molecule has 5 heteroatoms. The summed E-state index contributed by atoms with van der Waals surface area (Å²) in [5.74, 6) is -0.576. The summed E-state index contributed by atoms with van der Waals surface area (Å²) < 4.78 is 10.6. The minimum absolute atomic E-state index is 0.0393. The van der Waals surface area contributed by atoms with Crippen LogP contribution in [-0.4, -0.2) is 29.8 Å². The summed E-state index contributed by atoms with van der Waals surface area (Å²) in [7, 11) is 0. The highest BCUT2D eigenvalue weighted by molar-refractivity contribution is 5.84. The van der Waals surface area contributed by atoms with Crippen LogP contribution in [0.3, 0.4) is 0 Å². The van der Waals surface area contributed by atoms with E-state index in [-0.39, 0.29) is 17.9 Å². The lowest BCUT2D eigenvalue weighted by atomic mass is 10.0. The number of hydrogen-bond donors (Lipinski definition) is 2. The minimum atomic E-state index is -1.05. The van der Waals surface area contributed by atoms with Crippen molar-refractivity contribution in [1.29, 1.82) is 0 Å². The zero-order valence-corrected chi connectivity index (χ0v) is 9.10. The zero-order valence-electron chi connectivity index (χ0n) is 9.10. The van der Waals surface area contributed by atoms with E-state index in [2.05, 4.69) is 5.32 Å². The molecule has 1 aromatic heterocycles. The highest BCUT2D eigenvalue weighted by Gasteiger charge is 2.20. The van der Waals surface area contributed by atoms with Crippen LogP contribution in [-0.2, 0) is 4.74 Å². The van der Waals surface area contributed by atoms with Crippen LogP contribution >= 0.6 is 0 Å². The van der Waals surface area contributed by atoms with E-state index in [9.17, 15) is 4.79 Å². The SMILES string of the molecule is CC1CC(Nc2ccc(C(=O)O)o2)CCO1. The third-order valence-electron chi connectivity index (χ3n) is 2.65. The molecule has 0 aliphatic carbocycles. The van der Waals surface area contributed by atoms with Crippen molar-refractivity contribution in [2.24, 2.45) is 0 Å². The molecule has 2 N–H and O–H groups in total. The third kappa shape index (κ3) is 2.55. The molecular weight excluding hydrogens is 210 g/mol. The summed E-state index contributed by atoms with van der Waals surface area (Å²) >= 11 is 0. The van der Waals surface area contributed by atoms with Gasteiger partial charge in [-0.1, -0.05) is 0 Å². The summed E-state index contributed by atoms with van der Waals surface area (Å²) in [5, 5.41) is 11.9. The molecule has 5 nitrogen and oxygen atoms in total. The first-order valence-corrected chi connectivity index (χ1v) is 5.36. The van der Waals surface area contributed by atoms with Crippen molar-refractivity contribution in [1.82, 2.24) is 0 Å². The van der Waals surface area contributed by atoms with Gasteiger partial charge in [0.05, 0.1) is 6.10 Å². The molecule has 0 bridgehead atoms. The summed E-state index contributed by atoms with van der Waals surface area (Å²) in [6.07, 6.45) is 2.05. The van der Waals surface area contributed by atoms with Crippen LogP contribution in [0, 0.1) is 0 Å². The normalized spacial score (nSPS) is 25.3. The van der Waals surface area contributed by atoms with E-state index in [0.29, 0.717) is 5.88 Å². The number of aromatic carboxylic acids is 1. The van der Waals surface area contributed by atoms with E-state index >= 15 is 0 Å². The van der Waals surface area contributed by atoms with E-state index in [1.807, 2.05) is 6.92 Å². The lowest BCUT2D eigenvalue weighted by Crippen LogP contribution is -2.32. The number of furan rings is 1. The fourth-order valence-electron chi connectivity index (χ4n) is 1.86. The van der Waals surface area contributed by atoms with Crippen LogP contribution in [0.4, 0.5) is 5.88 Å². The van der Waals surface area contributed by atoms with Crippen LogP contribution in [0.5, 0.6) is 0 Å². The zero-order chi connectivity index (χ0) is 11.5.